The summed E-state index contributed by atoms with van der Waals surface area (Å²) in [5.74, 6) is 0.708. The smallest absolute Gasteiger partial charge is 0.322 e. The molecule has 1 aliphatic rings. The number of urea groups is 1. The fourth-order valence-electron chi connectivity index (χ4n) is 3.66. The van der Waals surface area contributed by atoms with E-state index in [2.05, 4.69) is 5.32 Å². The van der Waals surface area contributed by atoms with Crippen molar-refractivity contribution in [2.75, 3.05) is 32.1 Å². The molecule has 0 aliphatic carbocycles. The lowest BCUT2D eigenvalue weighted by molar-refractivity contribution is -0.130. The highest BCUT2D eigenvalue weighted by Gasteiger charge is 2.25. The molecule has 2 aromatic rings. The number of benzene rings is 2. The average molecular weight is 396 g/mol. The number of amides is 3. The molecule has 1 unspecified atom stereocenters. The number of hydrogen-bond donors (Lipinski definition) is 1. The van der Waals surface area contributed by atoms with Gasteiger partial charge in [-0.1, -0.05) is 42.5 Å². The van der Waals surface area contributed by atoms with Gasteiger partial charge in [0.1, 0.15) is 5.75 Å². The molecule has 0 radical (unpaired) electrons. The van der Waals surface area contributed by atoms with Gasteiger partial charge in [-0.25, -0.2) is 4.79 Å². The predicted octanol–water partition coefficient (Wildman–Crippen LogP) is 4.30. The minimum atomic E-state index is -0.250. The number of hydrogen-bond acceptors (Lipinski definition) is 3. The SMILES string of the molecule is COc1ccccc1NC(=O)N(CCC(=O)N1CCCC1)C(C)c1ccccc1. The highest BCUT2D eigenvalue weighted by Crippen LogP contribution is 2.26. The molecule has 1 heterocycles. The van der Waals surface area contributed by atoms with Crippen LogP contribution in [-0.4, -0.2) is 48.5 Å². The minimum absolute atomic E-state index is 0.109. The van der Waals surface area contributed by atoms with Crippen molar-refractivity contribution in [1.82, 2.24) is 9.80 Å². The van der Waals surface area contributed by atoms with E-state index in [4.69, 9.17) is 4.74 Å². The van der Waals surface area contributed by atoms with Crippen LogP contribution in [0.3, 0.4) is 0 Å². The second-order valence-corrected chi connectivity index (χ2v) is 7.25. The summed E-state index contributed by atoms with van der Waals surface area (Å²) in [6.45, 7) is 3.98. The van der Waals surface area contributed by atoms with Crippen LogP contribution in [0.25, 0.3) is 0 Å². The van der Waals surface area contributed by atoms with Crippen molar-refractivity contribution in [3.8, 4) is 5.75 Å². The third-order valence-electron chi connectivity index (χ3n) is 5.38. The molecule has 0 bridgehead atoms. The number of carbonyl (C=O) groups excluding carboxylic acids is 2. The summed E-state index contributed by atoms with van der Waals surface area (Å²) in [7, 11) is 1.57. The van der Waals surface area contributed by atoms with Gasteiger partial charge in [0, 0.05) is 26.1 Å². The van der Waals surface area contributed by atoms with Gasteiger partial charge in [-0.2, -0.15) is 0 Å². The number of nitrogens with zero attached hydrogens (tertiary/aromatic N) is 2. The lowest BCUT2D eigenvalue weighted by Crippen LogP contribution is -2.40. The van der Waals surface area contributed by atoms with E-state index in [9.17, 15) is 9.59 Å². The van der Waals surface area contributed by atoms with Crippen LogP contribution in [-0.2, 0) is 4.79 Å². The molecule has 1 saturated heterocycles. The molecule has 1 atom stereocenters. The number of rotatable bonds is 7. The predicted molar refractivity (Wildman–Crippen MR) is 114 cm³/mol. The Kier molecular flexibility index (Phi) is 7.11. The summed E-state index contributed by atoms with van der Waals surface area (Å²) >= 11 is 0. The lowest BCUT2D eigenvalue weighted by atomic mass is 10.1. The molecular weight excluding hydrogens is 366 g/mol. The van der Waals surface area contributed by atoms with E-state index < -0.39 is 0 Å². The molecule has 3 rings (SSSR count). The number of anilines is 1. The Morgan fingerprint density at radius 2 is 1.72 bits per heavy atom. The zero-order valence-electron chi connectivity index (χ0n) is 17.1. The van der Waals surface area contributed by atoms with Crippen LogP contribution in [0.5, 0.6) is 5.75 Å². The zero-order chi connectivity index (χ0) is 20.6. The maximum Gasteiger partial charge on any atom is 0.322 e. The van der Waals surface area contributed by atoms with Gasteiger partial charge >= 0.3 is 6.03 Å². The number of ether oxygens (including phenoxy) is 1. The molecule has 0 spiro atoms. The summed E-state index contributed by atoms with van der Waals surface area (Å²) in [5.41, 5.74) is 1.63. The highest BCUT2D eigenvalue weighted by molar-refractivity contribution is 5.91. The largest absolute Gasteiger partial charge is 0.495 e. The topological polar surface area (TPSA) is 61.9 Å². The number of methoxy groups -OCH3 is 1. The summed E-state index contributed by atoms with van der Waals surface area (Å²) in [6.07, 6.45) is 2.44. The molecule has 1 aliphatic heterocycles. The van der Waals surface area contributed by atoms with Gasteiger partial charge in [0.2, 0.25) is 5.91 Å². The molecule has 2 aromatic carbocycles. The first-order chi connectivity index (χ1) is 14.1. The molecule has 29 heavy (non-hydrogen) atoms. The van der Waals surface area contributed by atoms with Crippen molar-refractivity contribution in [2.24, 2.45) is 0 Å². The molecule has 154 valence electrons. The Balaban J connectivity index is 1.75. The Morgan fingerprint density at radius 3 is 2.41 bits per heavy atom. The second kappa shape index (κ2) is 9.96. The van der Waals surface area contributed by atoms with Gasteiger partial charge in [0.05, 0.1) is 18.8 Å². The Morgan fingerprint density at radius 1 is 1.07 bits per heavy atom. The Bertz CT molecular complexity index is 819. The minimum Gasteiger partial charge on any atom is -0.495 e. The molecular formula is C23H29N3O3. The molecule has 1 N–H and O–H groups in total. The van der Waals surface area contributed by atoms with E-state index in [1.807, 2.05) is 54.3 Å². The molecule has 0 saturated carbocycles. The maximum atomic E-state index is 13.2. The van der Waals surface area contributed by atoms with Gasteiger partial charge in [0.15, 0.2) is 0 Å². The maximum absolute atomic E-state index is 13.2. The fourth-order valence-corrected chi connectivity index (χ4v) is 3.66. The third-order valence-corrected chi connectivity index (χ3v) is 5.38. The van der Waals surface area contributed by atoms with Crippen molar-refractivity contribution in [1.29, 1.82) is 0 Å². The number of para-hydroxylation sites is 2. The summed E-state index contributed by atoms with van der Waals surface area (Å²) < 4.78 is 5.34. The van der Waals surface area contributed by atoms with Gasteiger partial charge in [0.25, 0.3) is 0 Å². The van der Waals surface area contributed by atoms with Gasteiger partial charge in [-0.3, -0.25) is 4.79 Å². The summed E-state index contributed by atoms with van der Waals surface area (Å²) in [4.78, 5) is 29.3. The van der Waals surface area contributed by atoms with E-state index >= 15 is 0 Å². The van der Waals surface area contributed by atoms with Crippen LogP contribution >= 0.6 is 0 Å². The van der Waals surface area contributed by atoms with Crippen molar-refractivity contribution >= 4 is 17.6 Å². The molecule has 6 nitrogen and oxygen atoms in total. The van der Waals surface area contributed by atoms with Crippen LogP contribution in [0.15, 0.2) is 54.6 Å². The number of likely N-dealkylation sites (tertiary alicyclic amines) is 1. The van der Waals surface area contributed by atoms with E-state index in [0.29, 0.717) is 24.4 Å². The molecule has 1 fully saturated rings. The Labute approximate surface area is 172 Å². The van der Waals surface area contributed by atoms with Gasteiger partial charge in [-0.05, 0) is 37.5 Å². The third kappa shape index (κ3) is 5.28. The van der Waals surface area contributed by atoms with E-state index in [1.54, 1.807) is 24.1 Å². The molecule has 0 aromatic heterocycles. The monoisotopic (exact) mass is 395 g/mol. The first-order valence-corrected chi connectivity index (χ1v) is 10.1. The summed E-state index contributed by atoms with van der Waals surface area (Å²) in [5, 5.41) is 2.94. The standard InChI is InChI=1S/C23H29N3O3/c1-18(19-10-4-3-5-11-19)26(17-14-22(27)25-15-8-9-16-25)23(28)24-20-12-6-7-13-21(20)29-2/h3-7,10-13,18H,8-9,14-17H2,1-2H3,(H,24,28). The quantitative estimate of drug-likeness (QED) is 0.760. The molecule has 6 heteroatoms. The van der Waals surface area contributed by atoms with Gasteiger partial charge < -0.3 is 19.9 Å². The second-order valence-electron chi connectivity index (χ2n) is 7.25. The van der Waals surface area contributed by atoms with Crippen molar-refractivity contribution in [2.45, 2.75) is 32.2 Å². The Hall–Kier alpha value is -3.02. The van der Waals surface area contributed by atoms with Crippen molar-refractivity contribution in [3.05, 3.63) is 60.2 Å². The lowest BCUT2D eigenvalue weighted by Gasteiger charge is -2.30. The fraction of sp³-hybridized carbons (Fsp3) is 0.391. The van der Waals surface area contributed by atoms with Crippen LogP contribution in [0.4, 0.5) is 10.5 Å². The van der Waals surface area contributed by atoms with Crippen LogP contribution in [0.2, 0.25) is 0 Å². The van der Waals surface area contributed by atoms with E-state index in [-0.39, 0.29) is 18.0 Å². The van der Waals surface area contributed by atoms with Crippen LogP contribution in [0.1, 0.15) is 37.8 Å². The van der Waals surface area contributed by atoms with E-state index in [1.165, 1.54) is 0 Å². The van der Waals surface area contributed by atoms with Gasteiger partial charge in [-0.15, -0.1) is 0 Å². The summed E-state index contributed by atoms with van der Waals surface area (Å²) in [6, 6.07) is 16.7. The average Bonchev–Trinajstić information content (AvgIpc) is 3.29. The molecule has 3 amide bonds. The first-order valence-electron chi connectivity index (χ1n) is 10.1. The first kappa shape index (κ1) is 20.7. The van der Waals surface area contributed by atoms with Crippen LogP contribution < -0.4 is 10.1 Å². The number of carbonyl (C=O) groups is 2. The normalized spacial score (nSPS) is 14.3. The zero-order valence-corrected chi connectivity index (χ0v) is 17.1. The van der Waals surface area contributed by atoms with Crippen molar-refractivity contribution in [3.63, 3.8) is 0 Å². The number of nitrogens with one attached hydrogen (secondary N) is 1. The van der Waals surface area contributed by atoms with Crippen molar-refractivity contribution < 1.29 is 14.3 Å². The highest BCUT2D eigenvalue weighted by atomic mass is 16.5. The van der Waals surface area contributed by atoms with E-state index in [0.717, 1.165) is 31.5 Å². The van der Waals surface area contributed by atoms with Crippen LogP contribution in [0, 0.1) is 0 Å².